The zero-order chi connectivity index (χ0) is 13.8. The van der Waals surface area contributed by atoms with E-state index in [0.717, 1.165) is 17.2 Å². The standard InChI is InChI=1S/C13H16N4O2/c1-4-19-13-7-11(5-6-12(13)18)8-14-17-9(2)15-16-10(17)3/h5-8,18H,4H2,1-3H3/b14-8-. The van der Waals surface area contributed by atoms with E-state index >= 15 is 0 Å². The van der Waals surface area contributed by atoms with Crippen LogP contribution in [0.3, 0.4) is 0 Å². The van der Waals surface area contributed by atoms with Gasteiger partial charge in [-0.05, 0) is 44.5 Å². The topological polar surface area (TPSA) is 72.5 Å². The van der Waals surface area contributed by atoms with Gasteiger partial charge in [-0.3, -0.25) is 0 Å². The van der Waals surface area contributed by atoms with Crippen LogP contribution in [0.4, 0.5) is 0 Å². The predicted octanol–water partition coefficient (Wildman–Crippen LogP) is 1.88. The molecule has 1 aromatic heterocycles. The van der Waals surface area contributed by atoms with Crippen LogP contribution in [0.15, 0.2) is 23.3 Å². The number of aryl methyl sites for hydroxylation is 2. The van der Waals surface area contributed by atoms with Gasteiger partial charge < -0.3 is 9.84 Å². The summed E-state index contributed by atoms with van der Waals surface area (Å²) in [5.74, 6) is 2.01. The van der Waals surface area contributed by atoms with Crippen LogP contribution in [0.25, 0.3) is 0 Å². The summed E-state index contributed by atoms with van der Waals surface area (Å²) in [6, 6.07) is 5.08. The van der Waals surface area contributed by atoms with E-state index in [0.29, 0.717) is 12.4 Å². The van der Waals surface area contributed by atoms with Crippen molar-refractivity contribution in [2.45, 2.75) is 20.8 Å². The van der Waals surface area contributed by atoms with Crippen molar-refractivity contribution in [1.82, 2.24) is 14.9 Å². The van der Waals surface area contributed by atoms with Crippen molar-refractivity contribution in [3.05, 3.63) is 35.4 Å². The van der Waals surface area contributed by atoms with Gasteiger partial charge in [-0.2, -0.15) is 5.10 Å². The van der Waals surface area contributed by atoms with E-state index in [9.17, 15) is 5.11 Å². The average Bonchev–Trinajstić information content (AvgIpc) is 2.70. The zero-order valence-electron chi connectivity index (χ0n) is 11.2. The molecular weight excluding hydrogens is 244 g/mol. The Kier molecular flexibility index (Phi) is 3.79. The quantitative estimate of drug-likeness (QED) is 0.852. The average molecular weight is 260 g/mol. The number of nitrogens with zero attached hydrogens (tertiary/aromatic N) is 4. The summed E-state index contributed by atoms with van der Waals surface area (Å²) in [7, 11) is 0. The Balaban J connectivity index is 2.26. The minimum atomic E-state index is 0.121. The first kappa shape index (κ1) is 13.1. The van der Waals surface area contributed by atoms with Crippen LogP contribution < -0.4 is 4.74 Å². The zero-order valence-corrected chi connectivity index (χ0v) is 11.2. The summed E-state index contributed by atoms with van der Waals surface area (Å²) < 4.78 is 6.96. The first-order chi connectivity index (χ1) is 9.11. The second kappa shape index (κ2) is 5.51. The molecular formula is C13H16N4O2. The minimum Gasteiger partial charge on any atom is -0.504 e. The molecule has 0 spiro atoms. The van der Waals surface area contributed by atoms with E-state index in [1.165, 1.54) is 0 Å². The first-order valence-corrected chi connectivity index (χ1v) is 6.00. The number of aromatic nitrogens is 3. The van der Waals surface area contributed by atoms with E-state index in [1.807, 2.05) is 20.8 Å². The second-order valence-corrected chi connectivity index (χ2v) is 4.01. The lowest BCUT2D eigenvalue weighted by Crippen LogP contribution is -1.97. The first-order valence-electron chi connectivity index (χ1n) is 6.00. The van der Waals surface area contributed by atoms with E-state index in [-0.39, 0.29) is 5.75 Å². The van der Waals surface area contributed by atoms with Gasteiger partial charge in [0.25, 0.3) is 0 Å². The third-order valence-corrected chi connectivity index (χ3v) is 2.56. The third kappa shape index (κ3) is 2.90. The van der Waals surface area contributed by atoms with Gasteiger partial charge >= 0.3 is 0 Å². The molecule has 0 saturated carbocycles. The smallest absolute Gasteiger partial charge is 0.161 e. The summed E-state index contributed by atoms with van der Waals surface area (Å²) in [6.45, 7) is 6.03. The fourth-order valence-electron chi connectivity index (χ4n) is 1.64. The van der Waals surface area contributed by atoms with Crippen molar-refractivity contribution in [3.63, 3.8) is 0 Å². The lowest BCUT2D eigenvalue weighted by Gasteiger charge is -2.06. The highest BCUT2D eigenvalue weighted by atomic mass is 16.5. The Morgan fingerprint density at radius 1 is 1.32 bits per heavy atom. The lowest BCUT2D eigenvalue weighted by atomic mass is 10.2. The number of aromatic hydroxyl groups is 1. The van der Waals surface area contributed by atoms with Crippen LogP contribution in [0.2, 0.25) is 0 Å². The van der Waals surface area contributed by atoms with Crippen molar-refractivity contribution >= 4 is 6.21 Å². The number of ether oxygens (including phenoxy) is 1. The highest BCUT2D eigenvalue weighted by molar-refractivity contribution is 5.80. The minimum absolute atomic E-state index is 0.121. The van der Waals surface area contributed by atoms with Crippen molar-refractivity contribution in [2.75, 3.05) is 6.61 Å². The molecule has 6 nitrogen and oxygen atoms in total. The van der Waals surface area contributed by atoms with E-state index in [4.69, 9.17) is 4.74 Å². The van der Waals surface area contributed by atoms with Crippen LogP contribution >= 0.6 is 0 Å². The molecule has 1 N–H and O–H groups in total. The lowest BCUT2D eigenvalue weighted by molar-refractivity contribution is 0.318. The molecule has 0 bridgehead atoms. The van der Waals surface area contributed by atoms with Gasteiger partial charge in [0.05, 0.1) is 12.8 Å². The fourth-order valence-corrected chi connectivity index (χ4v) is 1.64. The van der Waals surface area contributed by atoms with Crippen molar-refractivity contribution in [1.29, 1.82) is 0 Å². The SMILES string of the molecule is CCOc1cc(/C=N\n2c(C)nnc2C)ccc1O. The molecule has 0 atom stereocenters. The summed E-state index contributed by atoms with van der Waals surface area (Å²) in [5.41, 5.74) is 0.828. The van der Waals surface area contributed by atoms with Gasteiger partial charge in [-0.25, -0.2) is 4.68 Å². The number of benzene rings is 1. The van der Waals surface area contributed by atoms with Crippen LogP contribution in [0.5, 0.6) is 11.5 Å². The molecule has 0 aliphatic heterocycles. The second-order valence-electron chi connectivity index (χ2n) is 4.01. The van der Waals surface area contributed by atoms with Gasteiger partial charge in [-0.15, -0.1) is 10.2 Å². The van der Waals surface area contributed by atoms with Crippen molar-refractivity contribution < 1.29 is 9.84 Å². The molecule has 19 heavy (non-hydrogen) atoms. The third-order valence-electron chi connectivity index (χ3n) is 2.56. The molecule has 2 aromatic rings. The van der Waals surface area contributed by atoms with Crippen molar-refractivity contribution in [3.8, 4) is 11.5 Å². The molecule has 1 heterocycles. The van der Waals surface area contributed by atoms with Crippen LogP contribution in [0, 0.1) is 13.8 Å². The molecule has 0 aliphatic rings. The fraction of sp³-hybridized carbons (Fsp3) is 0.308. The summed E-state index contributed by atoms with van der Waals surface area (Å²) in [5, 5.41) is 21.8. The molecule has 0 fully saturated rings. The highest BCUT2D eigenvalue weighted by Crippen LogP contribution is 2.26. The molecule has 2 rings (SSSR count). The van der Waals surface area contributed by atoms with Crippen LogP contribution in [-0.4, -0.2) is 32.8 Å². The van der Waals surface area contributed by atoms with Crippen LogP contribution in [0.1, 0.15) is 24.1 Å². The number of hydrogen-bond acceptors (Lipinski definition) is 5. The molecule has 0 saturated heterocycles. The molecule has 0 unspecified atom stereocenters. The maximum absolute atomic E-state index is 9.61. The Hall–Kier alpha value is -2.37. The maximum atomic E-state index is 9.61. The van der Waals surface area contributed by atoms with Gasteiger partial charge in [0.1, 0.15) is 0 Å². The number of phenols is 1. The largest absolute Gasteiger partial charge is 0.504 e. The number of phenolic OH excluding ortho intramolecular Hbond substituents is 1. The van der Waals surface area contributed by atoms with Gasteiger partial charge in [-0.1, -0.05) is 0 Å². The Labute approximate surface area is 111 Å². The number of rotatable bonds is 4. The summed E-state index contributed by atoms with van der Waals surface area (Å²) in [6.07, 6.45) is 1.67. The predicted molar refractivity (Wildman–Crippen MR) is 71.8 cm³/mol. The summed E-state index contributed by atoms with van der Waals surface area (Å²) in [4.78, 5) is 0. The van der Waals surface area contributed by atoms with E-state index in [1.54, 1.807) is 29.1 Å². The van der Waals surface area contributed by atoms with Gasteiger partial charge in [0, 0.05) is 0 Å². The van der Waals surface area contributed by atoms with Gasteiger partial charge in [0.15, 0.2) is 23.1 Å². The van der Waals surface area contributed by atoms with Gasteiger partial charge in [0.2, 0.25) is 0 Å². The molecule has 0 amide bonds. The Morgan fingerprint density at radius 3 is 2.63 bits per heavy atom. The molecule has 0 aliphatic carbocycles. The Bertz CT molecular complexity index is 585. The van der Waals surface area contributed by atoms with E-state index < -0.39 is 0 Å². The van der Waals surface area contributed by atoms with Crippen LogP contribution in [-0.2, 0) is 0 Å². The molecule has 0 radical (unpaired) electrons. The molecule has 100 valence electrons. The van der Waals surface area contributed by atoms with Crippen molar-refractivity contribution in [2.24, 2.45) is 5.10 Å². The normalized spacial score (nSPS) is 11.1. The summed E-state index contributed by atoms with van der Waals surface area (Å²) >= 11 is 0. The molecule has 6 heteroatoms. The maximum Gasteiger partial charge on any atom is 0.161 e. The monoisotopic (exact) mass is 260 g/mol. The Morgan fingerprint density at radius 2 is 2.00 bits per heavy atom. The number of hydrogen-bond donors (Lipinski definition) is 1. The molecule has 1 aromatic carbocycles. The highest BCUT2D eigenvalue weighted by Gasteiger charge is 2.04. The van der Waals surface area contributed by atoms with E-state index in [2.05, 4.69) is 15.3 Å².